The van der Waals surface area contributed by atoms with E-state index in [-0.39, 0.29) is 10.8 Å². The monoisotopic (exact) mass is 584 g/mol. The molecule has 4 nitrogen and oxygen atoms in total. The molecule has 0 unspecified atom stereocenters. The average Bonchev–Trinajstić information content (AvgIpc) is 3.01. The van der Waals surface area contributed by atoms with Crippen molar-refractivity contribution >= 4 is 11.1 Å². The van der Waals surface area contributed by atoms with E-state index in [1.165, 1.54) is 24.3 Å². The van der Waals surface area contributed by atoms with Crippen LogP contribution in [0.3, 0.4) is 0 Å². The molecule has 2 saturated heterocycles. The Balaban J connectivity index is 1.55. The summed E-state index contributed by atoms with van der Waals surface area (Å²) in [5.74, 6) is -18.4. The molecule has 0 amide bonds. The SMILES string of the molecule is CC1(C)COC(C)(c2ccc(C3=C(c4ccc(C5(C)OCC(C)(C)CO5)cc4)C(F)(F)C(F)(F)C3(F)F)cc2)OC1. The lowest BCUT2D eigenvalue weighted by molar-refractivity contribution is -0.298. The van der Waals surface area contributed by atoms with E-state index in [4.69, 9.17) is 18.9 Å². The van der Waals surface area contributed by atoms with Crippen LogP contribution in [-0.4, -0.2) is 44.2 Å². The average molecular weight is 585 g/mol. The van der Waals surface area contributed by atoms with Crippen LogP contribution in [-0.2, 0) is 30.5 Å². The van der Waals surface area contributed by atoms with Gasteiger partial charge in [0.1, 0.15) is 0 Å². The standard InChI is InChI=1S/C31H34F6O4/c1-25(2)15-38-27(5,39-16-25)21-11-7-19(8-12-21)23-24(30(34,35)31(36,37)29(23,32)33)20-9-13-22(14-10-20)28(6)40-17-26(3,4)18-41-28/h7-14H,15-18H2,1-6H3. The van der Waals surface area contributed by atoms with Crippen molar-refractivity contribution in [2.75, 3.05) is 26.4 Å². The first-order chi connectivity index (χ1) is 18.7. The molecule has 2 aliphatic heterocycles. The fraction of sp³-hybridized carbons (Fsp3) is 0.548. The third-order valence-electron chi connectivity index (χ3n) is 8.02. The molecule has 224 valence electrons. The number of allylic oxidation sites excluding steroid dienone is 2. The molecule has 1 aliphatic carbocycles. The highest BCUT2D eigenvalue weighted by Crippen LogP contribution is 2.64. The van der Waals surface area contributed by atoms with Crippen LogP contribution in [0.5, 0.6) is 0 Å². The molecule has 3 aliphatic rings. The van der Waals surface area contributed by atoms with E-state index >= 15 is 17.6 Å². The van der Waals surface area contributed by atoms with Crippen LogP contribution >= 0.6 is 0 Å². The summed E-state index contributed by atoms with van der Waals surface area (Å²) in [4.78, 5) is 0. The Morgan fingerprint density at radius 2 is 0.732 bits per heavy atom. The summed E-state index contributed by atoms with van der Waals surface area (Å²) in [7, 11) is 0. The number of halogens is 6. The van der Waals surface area contributed by atoms with Crippen molar-refractivity contribution in [2.24, 2.45) is 10.8 Å². The fourth-order valence-electron chi connectivity index (χ4n) is 5.19. The zero-order chi connectivity index (χ0) is 30.3. The Morgan fingerprint density at radius 3 is 1.00 bits per heavy atom. The van der Waals surface area contributed by atoms with Crippen LogP contribution in [0.15, 0.2) is 48.5 Å². The van der Waals surface area contributed by atoms with E-state index in [0.717, 1.165) is 24.3 Å². The number of alkyl halides is 6. The zero-order valence-corrected chi connectivity index (χ0v) is 23.8. The first-order valence-electron chi connectivity index (χ1n) is 13.4. The minimum Gasteiger partial charge on any atom is -0.345 e. The first-order valence-corrected chi connectivity index (χ1v) is 13.4. The third kappa shape index (κ3) is 4.80. The molecule has 5 rings (SSSR count). The molecule has 0 aromatic heterocycles. The number of rotatable bonds is 4. The van der Waals surface area contributed by atoms with Gasteiger partial charge < -0.3 is 18.9 Å². The van der Waals surface area contributed by atoms with Gasteiger partial charge in [0.25, 0.3) is 0 Å². The van der Waals surface area contributed by atoms with Crippen LogP contribution in [0.25, 0.3) is 11.1 Å². The minimum absolute atomic E-state index is 0.235. The van der Waals surface area contributed by atoms with E-state index in [1.807, 2.05) is 27.7 Å². The molecule has 10 heteroatoms. The predicted octanol–water partition coefficient (Wildman–Crippen LogP) is 8.01. The van der Waals surface area contributed by atoms with Crippen molar-refractivity contribution < 1.29 is 45.3 Å². The van der Waals surface area contributed by atoms with Gasteiger partial charge in [-0.15, -0.1) is 0 Å². The topological polar surface area (TPSA) is 36.9 Å². The van der Waals surface area contributed by atoms with Gasteiger partial charge in [-0.1, -0.05) is 76.2 Å². The predicted molar refractivity (Wildman–Crippen MR) is 141 cm³/mol. The van der Waals surface area contributed by atoms with Crippen molar-refractivity contribution in [3.8, 4) is 0 Å². The second-order valence-corrected chi connectivity index (χ2v) is 13.0. The minimum atomic E-state index is -5.65. The van der Waals surface area contributed by atoms with Gasteiger partial charge in [-0.05, 0) is 25.0 Å². The van der Waals surface area contributed by atoms with Crippen molar-refractivity contribution in [3.63, 3.8) is 0 Å². The van der Waals surface area contributed by atoms with Gasteiger partial charge >= 0.3 is 17.8 Å². The van der Waals surface area contributed by atoms with Crippen LogP contribution in [0.1, 0.15) is 63.8 Å². The summed E-state index contributed by atoms with van der Waals surface area (Å²) in [6.45, 7) is 12.6. The van der Waals surface area contributed by atoms with Crippen molar-refractivity contribution in [1.82, 2.24) is 0 Å². The lowest BCUT2D eigenvalue weighted by Crippen LogP contribution is -2.48. The van der Waals surface area contributed by atoms with Gasteiger partial charge in [0.05, 0.1) is 26.4 Å². The Hall–Kier alpha value is -2.40. The third-order valence-corrected chi connectivity index (χ3v) is 8.02. The number of benzene rings is 2. The summed E-state index contributed by atoms with van der Waals surface area (Å²) < 4.78 is 114. The summed E-state index contributed by atoms with van der Waals surface area (Å²) in [5.41, 5.74) is -3.37. The Kier molecular flexibility index (Phi) is 6.82. The molecule has 0 spiro atoms. The molecule has 2 fully saturated rings. The van der Waals surface area contributed by atoms with E-state index in [9.17, 15) is 8.78 Å². The smallest absolute Gasteiger partial charge is 0.345 e. The van der Waals surface area contributed by atoms with E-state index in [0.29, 0.717) is 37.6 Å². The van der Waals surface area contributed by atoms with E-state index in [1.54, 1.807) is 13.8 Å². The molecular weight excluding hydrogens is 550 g/mol. The van der Waals surface area contributed by atoms with Gasteiger partial charge in [0.2, 0.25) is 0 Å². The van der Waals surface area contributed by atoms with E-state index < -0.39 is 51.6 Å². The van der Waals surface area contributed by atoms with Crippen molar-refractivity contribution in [1.29, 1.82) is 0 Å². The quantitative estimate of drug-likeness (QED) is 0.341. The van der Waals surface area contributed by atoms with Crippen LogP contribution < -0.4 is 0 Å². The lowest BCUT2D eigenvalue weighted by atomic mass is 9.91. The number of hydrogen-bond acceptors (Lipinski definition) is 4. The summed E-state index contributed by atoms with van der Waals surface area (Å²) in [6.07, 6.45) is 0. The van der Waals surface area contributed by atoms with Gasteiger partial charge in [-0.2, -0.15) is 26.3 Å². The molecule has 41 heavy (non-hydrogen) atoms. The molecule has 0 bridgehead atoms. The largest absolute Gasteiger partial charge is 0.380 e. The summed E-state index contributed by atoms with van der Waals surface area (Å²) in [5, 5.41) is 0. The lowest BCUT2D eigenvalue weighted by Gasteiger charge is -2.41. The molecule has 2 heterocycles. The van der Waals surface area contributed by atoms with Gasteiger partial charge in [0.15, 0.2) is 11.6 Å². The van der Waals surface area contributed by atoms with Crippen molar-refractivity contribution in [3.05, 3.63) is 70.8 Å². The maximum atomic E-state index is 15.2. The molecule has 0 saturated carbocycles. The molecule has 0 atom stereocenters. The maximum Gasteiger partial charge on any atom is 0.380 e. The number of ether oxygens (including phenoxy) is 4. The molecular formula is C31H34F6O4. The van der Waals surface area contributed by atoms with E-state index in [2.05, 4.69) is 0 Å². The molecule has 2 aromatic carbocycles. The fourth-order valence-corrected chi connectivity index (χ4v) is 5.19. The second-order valence-electron chi connectivity index (χ2n) is 13.0. The zero-order valence-electron chi connectivity index (χ0n) is 23.8. The maximum absolute atomic E-state index is 15.2. The second kappa shape index (κ2) is 9.30. The number of hydrogen-bond donors (Lipinski definition) is 0. The van der Waals surface area contributed by atoms with Crippen LogP contribution in [0.2, 0.25) is 0 Å². The van der Waals surface area contributed by atoms with Gasteiger partial charge in [0, 0.05) is 33.1 Å². The molecule has 0 radical (unpaired) electrons. The first kappa shape index (κ1) is 30.1. The Morgan fingerprint density at radius 1 is 0.463 bits per heavy atom. The highest BCUT2D eigenvalue weighted by Gasteiger charge is 2.80. The highest BCUT2D eigenvalue weighted by molar-refractivity contribution is 6.01. The molecule has 0 N–H and O–H groups in total. The van der Waals surface area contributed by atoms with Gasteiger partial charge in [-0.25, -0.2) is 0 Å². The normalized spacial score (nSPS) is 27.0. The Labute approximate surface area is 235 Å². The van der Waals surface area contributed by atoms with Gasteiger partial charge in [-0.3, -0.25) is 0 Å². The summed E-state index contributed by atoms with van der Waals surface area (Å²) >= 11 is 0. The van der Waals surface area contributed by atoms with Crippen LogP contribution in [0, 0.1) is 10.8 Å². The van der Waals surface area contributed by atoms with Crippen LogP contribution in [0.4, 0.5) is 26.3 Å². The molecule has 2 aromatic rings. The van der Waals surface area contributed by atoms with Crippen molar-refractivity contribution in [2.45, 2.75) is 70.9 Å². The summed E-state index contributed by atoms with van der Waals surface area (Å²) in [6, 6.07) is 9.95. The Bertz CT molecular complexity index is 1220. The highest BCUT2D eigenvalue weighted by atomic mass is 19.3.